The van der Waals surface area contributed by atoms with E-state index in [-0.39, 0.29) is 18.3 Å². The second-order valence-electron chi connectivity index (χ2n) is 6.37. The van der Waals surface area contributed by atoms with Gasteiger partial charge in [0.1, 0.15) is 0 Å². The minimum absolute atomic E-state index is 0. The molecule has 3 rings (SSSR count). The van der Waals surface area contributed by atoms with Gasteiger partial charge in [0, 0.05) is 25.2 Å². The quantitative estimate of drug-likeness (QED) is 0.911. The fourth-order valence-electron chi connectivity index (χ4n) is 3.43. The lowest BCUT2D eigenvalue weighted by molar-refractivity contribution is -0.130. The highest BCUT2D eigenvalue weighted by molar-refractivity contribution is 5.85. The average Bonchev–Trinajstić information content (AvgIpc) is 2.73. The predicted molar refractivity (Wildman–Crippen MR) is 88.0 cm³/mol. The zero-order valence-electron chi connectivity index (χ0n) is 12.9. The number of likely N-dealkylation sites (tertiary alicyclic amines) is 1. The number of rotatable bonds is 2. The number of hydrogen-bond donors (Lipinski definition) is 1. The largest absolute Gasteiger partial charge is 0.341 e. The van der Waals surface area contributed by atoms with E-state index >= 15 is 0 Å². The van der Waals surface area contributed by atoms with Gasteiger partial charge in [-0.25, -0.2) is 0 Å². The number of nitrogens with one attached hydrogen (secondary N) is 1. The Morgan fingerprint density at radius 2 is 2.00 bits per heavy atom. The highest BCUT2D eigenvalue weighted by atomic mass is 35.5. The molecule has 1 N–H and O–H groups in total. The maximum absolute atomic E-state index is 12.6. The first-order valence-electron chi connectivity index (χ1n) is 7.72. The molecular weight excluding hydrogens is 284 g/mol. The molecule has 2 heterocycles. The van der Waals surface area contributed by atoms with Crippen LogP contribution in [0.4, 0.5) is 0 Å². The van der Waals surface area contributed by atoms with Crippen molar-refractivity contribution in [2.75, 3.05) is 13.1 Å². The first-order valence-corrected chi connectivity index (χ1v) is 7.72. The molecule has 0 saturated carbocycles. The van der Waals surface area contributed by atoms with Crippen molar-refractivity contribution in [1.29, 1.82) is 0 Å². The number of amides is 1. The maximum Gasteiger partial charge on any atom is 0.227 e. The zero-order valence-corrected chi connectivity index (χ0v) is 13.7. The van der Waals surface area contributed by atoms with Crippen LogP contribution in [-0.2, 0) is 11.2 Å². The van der Waals surface area contributed by atoms with Crippen LogP contribution < -0.4 is 5.32 Å². The van der Waals surface area contributed by atoms with Crippen molar-refractivity contribution in [3.8, 4) is 0 Å². The van der Waals surface area contributed by atoms with Crippen molar-refractivity contribution in [2.24, 2.45) is 0 Å². The van der Waals surface area contributed by atoms with Crippen molar-refractivity contribution in [1.82, 2.24) is 10.2 Å². The number of carbonyl (C=O) groups is 1. The van der Waals surface area contributed by atoms with E-state index in [2.05, 4.69) is 42.3 Å². The van der Waals surface area contributed by atoms with Crippen LogP contribution in [0.25, 0.3) is 0 Å². The number of carbonyl (C=O) groups excluding carboxylic acids is 1. The van der Waals surface area contributed by atoms with E-state index in [1.54, 1.807) is 0 Å². The Morgan fingerprint density at radius 1 is 1.24 bits per heavy atom. The molecule has 4 heteroatoms. The summed E-state index contributed by atoms with van der Waals surface area (Å²) < 4.78 is 0. The smallest absolute Gasteiger partial charge is 0.227 e. The Morgan fingerprint density at radius 3 is 2.81 bits per heavy atom. The lowest BCUT2D eigenvalue weighted by Gasteiger charge is -2.24. The molecule has 21 heavy (non-hydrogen) atoms. The van der Waals surface area contributed by atoms with Crippen molar-refractivity contribution < 1.29 is 4.79 Å². The van der Waals surface area contributed by atoms with Crippen LogP contribution in [0, 0.1) is 13.8 Å². The van der Waals surface area contributed by atoms with Crippen LogP contribution in [0.1, 0.15) is 36.0 Å². The number of nitrogens with zero attached hydrogens (tertiary/aromatic N) is 1. The Balaban J connectivity index is 0.00000161. The number of hydrogen-bond acceptors (Lipinski definition) is 2. The lowest BCUT2D eigenvalue weighted by atomic mass is 10.0. The number of halogens is 1. The second kappa shape index (κ2) is 6.80. The van der Waals surface area contributed by atoms with Gasteiger partial charge < -0.3 is 10.2 Å². The van der Waals surface area contributed by atoms with Crippen LogP contribution in [0.5, 0.6) is 0 Å². The van der Waals surface area contributed by atoms with Crippen LogP contribution >= 0.6 is 12.4 Å². The maximum atomic E-state index is 12.6. The van der Waals surface area contributed by atoms with Crippen molar-refractivity contribution in [3.63, 3.8) is 0 Å². The lowest BCUT2D eigenvalue weighted by Crippen LogP contribution is -2.39. The molecule has 1 amide bonds. The van der Waals surface area contributed by atoms with Gasteiger partial charge in [-0.05, 0) is 44.2 Å². The molecule has 0 aromatic heterocycles. The van der Waals surface area contributed by atoms with Crippen LogP contribution in [-0.4, -0.2) is 36.0 Å². The summed E-state index contributed by atoms with van der Waals surface area (Å²) in [5, 5.41) is 3.63. The molecule has 1 aromatic rings. The summed E-state index contributed by atoms with van der Waals surface area (Å²) in [5.74, 6) is 0.285. The van der Waals surface area contributed by atoms with Crippen LogP contribution in [0.15, 0.2) is 18.2 Å². The third-order valence-electron chi connectivity index (χ3n) is 4.72. The van der Waals surface area contributed by atoms with Gasteiger partial charge in [0.15, 0.2) is 0 Å². The van der Waals surface area contributed by atoms with Crippen molar-refractivity contribution in [3.05, 3.63) is 34.9 Å². The molecule has 2 saturated heterocycles. The normalized spacial score (nSPS) is 24.4. The molecule has 0 spiro atoms. The molecule has 0 aliphatic carbocycles. The summed E-state index contributed by atoms with van der Waals surface area (Å²) in [6.07, 6.45) is 4.15. The third-order valence-corrected chi connectivity index (χ3v) is 4.72. The second-order valence-corrected chi connectivity index (χ2v) is 6.37. The summed E-state index contributed by atoms with van der Waals surface area (Å²) in [4.78, 5) is 14.6. The van der Waals surface area contributed by atoms with Crippen LogP contribution in [0.2, 0.25) is 0 Å². The van der Waals surface area contributed by atoms with E-state index in [4.69, 9.17) is 0 Å². The van der Waals surface area contributed by atoms with Gasteiger partial charge in [-0.2, -0.15) is 0 Å². The number of aryl methyl sites for hydroxylation is 2. The topological polar surface area (TPSA) is 32.3 Å². The fourth-order valence-corrected chi connectivity index (χ4v) is 3.43. The Hall–Kier alpha value is -1.06. The monoisotopic (exact) mass is 308 g/mol. The molecule has 0 radical (unpaired) electrons. The standard InChI is InChI=1S/C17H24N2O.ClH/c1-12-3-4-13(2)14(9-12)10-17(20)19-8-7-15-5-6-16(11-19)18-15;/h3-4,9,15-16,18H,5-8,10-11H2,1-2H3;1H. The first kappa shape index (κ1) is 16.3. The minimum Gasteiger partial charge on any atom is -0.341 e. The molecule has 2 fully saturated rings. The molecular formula is C17H25ClN2O. The van der Waals surface area contributed by atoms with E-state index in [1.807, 2.05) is 0 Å². The van der Waals surface area contributed by atoms with Gasteiger partial charge >= 0.3 is 0 Å². The minimum atomic E-state index is 0. The van der Waals surface area contributed by atoms with E-state index in [0.29, 0.717) is 18.5 Å². The SMILES string of the molecule is Cc1ccc(C)c(CC(=O)N2CCC3CCC(C2)N3)c1.Cl. The summed E-state index contributed by atoms with van der Waals surface area (Å²) in [5.41, 5.74) is 3.63. The van der Waals surface area contributed by atoms with E-state index in [1.165, 1.54) is 29.5 Å². The van der Waals surface area contributed by atoms with Gasteiger partial charge in [0.05, 0.1) is 6.42 Å². The Kier molecular flexibility index (Phi) is 5.28. The molecule has 2 aliphatic rings. The Bertz CT molecular complexity index is 518. The highest BCUT2D eigenvalue weighted by Gasteiger charge is 2.31. The number of fused-ring (bicyclic) bond motifs is 2. The van der Waals surface area contributed by atoms with Gasteiger partial charge in [-0.15, -0.1) is 12.4 Å². The van der Waals surface area contributed by atoms with Gasteiger partial charge in [-0.1, -0.05) is 23.8 Å². The summed E-state index contributed by atoms with van der Waals surface area (Å²) >= 11 is 0. The van der Waals surface area contributed by atoms with Gasteiger partial charge in [0.25, 0.3) is 0 Å². The predicted octanol–water partition coefficient (Wildman–Crippen LogP) is 2.62. The average molecular weight is 309 g/mol. The molecule has 116 valence electrons. The molecule has 3 nitrogen and oxygen atoms in total. The van der Waals surface area contributed by atoms with Crippen molar-refractivity contribution in [2.45, 2.75) is 51.6 Å². The molecule has 2 unspecified atom stereocenters. The summed E-state index contributed by atoms with van der Waals surface area (Å²) in [6.45, 7) is 5.98. The molecule has 1 aromatic carbocycles. The summed E-state index contributed by atoms with van der Waals surface area (Å²) in [6, 6.07) is 7.53. The number of benzene rings is 1. The summed E-state index contributed by atoms with van der Waals surface area (Å²) in [7, 11) is 0. The van der Waals surface area contributed by atoms with Crippen molar-refractivity contribution >= 4 is 18.3 Å². The highest BCUT2D eigenvalue weighted by Crippen LogP contribution is 2.21. The fraction of sp³-hybridized carbons (Fsp3) is 0.588. The van der Waals surface area contributed by atoms with E-state index in [9.17, 15) is 4.79 Å². The molecule has 2 atom stereocenters. The third kappa shape index (κ3) is 3.78. The van der Waals surface area contributed by atoms with Crippen LogP contribution in [0.3, 0.4) is 0 Å². The van der Waals surface area contributed by atoms with E-state index in [0.717, 1.165) is 19.5 Å². The molecule has 2 aliphatic heterocycles. The zero-order chi connectivity index (χ0) is 14.1. The molecule has 2 bridgehead atoms. The Labute approximate surface area is 133 Å². The van der Waals surface area contributed by atoms with Gasteiger partial charge in [0.2, 0.25) is 5.91 Å². The van der Waals surface area contributed by atoms with E-state index < -0.39 is 0 Å². The first-order chi connectivity index (χ1) is 9.61. The van der Waals surface area contributed by atoms with Gasteiger partial charge in [-0.3, -0.25) is 4.79 Å².